The van der Waals surface area contributed by atoms with Crippen LogP contribution in [0.4, 0.5) is 13.2 Å². The number of hydrogen-bond acceptors (Lipinski definition) is 8. The lowest BCUT2D eigenvalue weighted by atomic mass is 9.96. The van der Waals surface area contributed by atoms with Crippen LogP contribution in [0.3, 0.4) is 0 Å². The van der Waals surface area contributed by atoms with Crippen molar-refractivity contribution < 1.29 is 35.8 Å². The molecule has 1 aliphatic heterocycles. The van der Waals surface area contributed by atoms with E-state index in [9.17, 15) is 13.2 Å². The van der Waals surface area contributed by atoms with Crippen LogP contribution in [-0.4, -0.2) is 49.0 Å². The molecule has 5 fully saturated rings. The molecule has 3 atom stereocenters. The maximum Gasteiger partial charge on any atom is 0.348 e. The summed E-state index contributed by atoms with van der Waals surface area (Å²) in [5.41, 5.74) is 0. The molecule has 1 heterocycles. The zero-order valence-corrected chi connectivity index (χ0v) is 29.9. The normalized spacial score (nSPS) is 44.0. The van der Waals surface area contributed by atoms with Gasteiger partial charge >= 0.3 is 22.1 Å². The Morgan fingerprint density at radius 2 is 0.689 bits per heavy atom. The van der Waals surface area contributed by atoms with E-state index in [4.69, 9.17) is 47.4 Å². The van der Waals surface area contributed by atoms with Gasteiger partial charge in [0, 0.05) is 0 Å². The highest BCUT2D eigenvalue weighted by Gasteiger charge is 2.47. The van der Waals surface area contributed by atoms with Crippen molar-refractivity contribution in [3.8, 4) is 0 Å². The largest absolute Gasteiger partial charge is 0.348 e. The lowest BCUT2D eigenvalue weighted by Gasteiger charge is -2.40. The predicted octanol–water partition coefficient (Wildman–Crippen LogP) is 12.7. The van der Waals surface area contributed by atoms with Gasteiger partial charge in [-0.25, -0.2) is 13.2 Å². The monoisotopic (exact) mass is 719 g/mol. The highest BCUT2D eigenvalue weighted by atomic mass is 35.7. The van der Waals surface area contributed by atoms with E-state index in [1.807, 2.05) is 0 Å². The summed E-state index contributed by atoms with van der Waals surface area (Å²) in [6, 6.07) is 0. The summed E-state index contributed by atoms with van der Waals surface area (Å²) >= 11 is 7.45. The van der Waals surface area contributed by atoms with Gasteiger partial charge in [0.05, 0.1) is 30.5 Å². The maximum atomic E-state index is 14.2. The molecule has 260 valence electrons. The van der Waals surface area contributed by atoms with Crippen molar-refractivity contribution in [2.24, 2.45) is 13.5 Å². The molecule has 5 aliphatic carbocycles. The van der Waals surface area contributed by atoms with Crippen molar-refractivity contribution in [1.29, 1.82) is 0 Å². The van der Waals surface area contributed by atoms with Gasteiger partial charge in [0.15, 0.2) is 0 Å². The summed E-state index contributed by atoms with van der Waals surface area (Å²) in [5.74, 6) is 0. The molecular formula is C30H52ClF3N3O5P3. The number of halogens is 4. The fourth-order valence-corrected chi connectivity index (χ4v) is 18.8. The van der Waals surface area contributed by atoms with Crippen molar-refractivity contribution in [3.05, 3.63) is 0 Å². The molecule has 0 saturated heterocycles. The van der Waals surface area contributed by atoms with E-state index < -0.39 is 40.6 Å². The highest BCUT2D eigenvalue weighted by molar-refractivity contribution is 7.94. The Morgan fingerprint density at radius 1 is 0.378 bits per heavy atom. The van der Waals surface area contributed by atoms with Gasteiger partial charge in [-0.05, 0) is 114 Å². The van der Waals surface area contributed by atoms with E-state index in [0.29, 0.717) is 77.0 Å². The molecule has 6 rings (SSSR count). The van der Waals surface area contributed by atoms with Gasteiger partial charge in [0.2, 0.25) is 0 Å². The quantitative estimate of drug-likeness (QED) is 0.210. The molecule has 3 unspecified atom stereocenters. The lowest BCUT2D eigenvalue weighted by molar-refractivity contribution is 0.0727. The van der Waals surface area contributed by atoms with Crippen LogP contribution in [0.2, 0.25) is 0 Å². The van der Waals surface area contributed by atoms with Crippen LogP contribution < -0.4 is 0 Å². The Labute approximate surface area is 272 Å². The Balaban J connectivity index is 1.43. The second-order valence-electron chi connectivity index (χ2n) is 13.9. The number of rotatable bonds is 10. The van der Waals surface area contributed by atoms with E-state index in [2.05, 4.69) is 0 Å². The molecule has 0 radical (unpaired) electrons. The summed E-state index contributed by atoms with van der Waals surface area (Å²) < 4.78 is 92.1. The average Bonchev–Trinajstić information content (AvgIpc) is 3.01. The van der Waals surface area contributed by atoms with E-state index in [0.717, 1.165) is 64.2 Å². The maximum absolute atomic E-state index is 14.2. The molecule has 5 saturated carbocycles. The van der Waals surface area contributed by atoms with Gasteiger partial charge in [-0.15, -0.1) is 4.52 Å². The van der Waals surface area contributed by atoms with Gasteiger partial charge in [-0.3, -0.25) is 0 Å². The molecule has 0 bridgehead atoms. The molecule has 0 aromatic carbocycles. The smallest absolute Gasteiger partial charge is 0.312 e. The minimum absolute atomic E-state index is 0.124. The summed E-state index contributed by atoms with van der Waals surface area (Å²) in [6.45, 7) is -3.53. The van der Waals surface area contributed by atoms with Crippen molar-refractivity contribution in [3.63, 3.8) is 0 Å². The van der Waals surface area contributed by atoms with Crippen molar-refractivity contribution in [1.82, 2.24) is 0 Å². The van der Waals surface area contributed by atoms with Gasteiger partial charge in [-0.1, -0.05) is 38.5 Å². The second kappa shape index (κ2) is 16.1. The molecule has 0 aromatic heterocycles. The molecule has 0 amide bonds. The highest BCUT2D eigenvalue weighted by Crippen LogP contribution is 2.83. The third-order valence-corrected chi connectivity index (χ3v) is 19.7. The van der Waals surface area contributed by atoms with Crippen LogP contribution >= 0.6 is 33.3 Å². The van der Waals surface area contributed by atoms with Crippen molar-refractivity contribution in [2.45, 2.75) is 190 Å². The van der Waals surface area contributed by atoms with Gasteiger partial charge in [0.1, 0.15) is 18.5 Å². The zero-order valence-electron chi connectivity index (χ0n) is 26.4. The fourth-order valence-electron chi connectivity index (χ4n) is 7.43. The lowest BCUT2D eigenvalue weighted by Crippen LogP contribution is -2.25. The van der Waals surface area contributed by atoms with Crippen LogP contribution in [0.25, 0.3) is 0 Å². The van der Waals surface area contributed by atoms with Crippen LogP contribution in [0.15, 0.2) is 13.5 Å². The first-order valence-corrected chi connectivity index (χ1v) is 23.2. The Hall–Kier alpha value is 0.570. The van der Waals surface area contributed by atoms with Crippen LogP contribution in [0.5, 0.6) is 0 Å². The number of alkyl halides is 3. The minimum Gasteiger partial charge on any atom is -0.312 e. The summed E-state index contributed by atoms with van der Waals surface area (Å²) in [4.78, 5) is 0. The molecule has 0 aromatic rings. The topological polar surface area (TPSA) is 83.2 Å². The van der Waals surface area contributed by atoms with Crippen molar-refractivity contribution >= 4 is 33.3 Å². The van der Waals surface area contributed by atoms with E-state index in [1.165, 1.54) is 0 Å². The summed E-state index contributed by atoms with van der Waals surface area (Å²) in [5, 5.41) is 0. The second-order valence-corrected chi connectivity index (χ2v) is 21.3. The van der Waals surface area contributed by atoms with Crippen LogP contribution in [-0.2, 0) is 22.6 Å². The van der Waals surface area contributed by atoms with Gasteiger partial charge < -0.3 is 22.6 Å². The third-order valence-electron chi connectivity index (χ3n) is 10.0. The summed E-state index contributed by atoms with van der Waals surface area (Å²) in [6.07, 6.45) is 11.7. The molecule has 8 nitrogen and oxygen atoms in total. The van der Waals surface area contributed by atoms with Crippen molar-refractivity contribution in [2.75, 3.05) is 0 Å². The van der Waals surface area contributed by atoms with E-state index in [1.54, 1.807) is 0 Å². The molecule has 0 spiro atoms. The van der Waals surface area contributed by atoms with E-state index >= 15 is 0 Å². The SMILES string of the molecule is FC1CCC(OP2(Cl)=NP(OC3CCCCC3)(OC3CCC(F)CC3)=NP(OC3CCCCC3)(OC3CCC(F)CC3)=N2)CC1. The Kier molecular flexibility index (Phi) is 12.6. The summed E-state index contributed by atoms with van der Waals surface area (Å²) in [7, 11) is -7.08. The number of nitrogens with zero attached hydrogens (tertiary/aromatic N) is 3. The average molecular weight is 720 g/mol. The Morgan fingerprint density at radius 3 is 1.07 bits per heavy atom. The standard InChI is InChI=1S/C30H52ClF3N3O5P3/c31-43(38-28-17-11-23(32)12-18-28)35-44(39-26-7-3-1-4-8-26,41-29-19-13-24(33)14-20-29)37-45(36-43,40-27-9-5-2-6-10-27)42-30-21-15-25(34)16-22-30/h23-30H,1-22H2. The third kappa shape index (κ3) is 10.1. The first-order chi connectivity index (χ1) is 21.7. The van der Waals surface area contributed by atoms with Crippen LogP contribution in [0.1, 0.15) is 141 Å². The molecule has 15 heteroatoms. The minimum atomic E-state index is -3.54. The zero-order chi connectivity index (χ0) is 31.3. The van der Waals surface area contributed by atoms with E-state index in [-0.39, 0.29) is 30.5 Å². The van der Waals surface area contributed by atoms with Gasteiger partial charge in [-0.2, -0.15) is 9.03 Å². The molecule has 0 N–H and O–H groups in total. The first-order valence-electron chi connectivity index (χ1n) is 17.6. The Bertz CT molecular complexity index is 1090. The molecule has 45 heavy (non-hydrogen) atoms. The molecule has 6 aliphatic rings. The predicted molar refractivity (Wildman–Crippen MR) is 175 cm³/mol. The van der Waals surface area contributed by atoms with Crippen LogP contribution in [0, 0.1) is 0 Å². The first kappa shape index (κ1) is 35.4. The van der Waals surface area contributed by atoms with Gasteiger partial charge in [0.25, 0.3) is 0 Å². The fraction of sp³-hybridized carbons (Fsp3) is 1.00. The number of hydrogen-bond donors (Lipinski definition) is 0. The molecular weight excluding hydrogens is 668 g/mol.